The van der Waals surface area contributed by atoms with Gasteiger partial charge in [0.15, 0.2) is 12.3 Å². The average molecular weight is 426 g/mol. The van der Waals surface area contributed by atoms with Crippen molar-refractivity contribution in [2.75, 3.05) is 13.2 Å². The molecule has 0 amide bonds. The molecule has 0 spiro atoms. The van der Waals surface area contributed by atoms with Crippen LogP contribution in [-0.4, -0.2) is 51.3 Å². The van der Waals surface area contributed by atoms with E-state index in [4.69, 9.17) is 9.47 Å². The van der Waals surface area contributed by atoms with Gasteiger partial charge < -0.3 is 9.47 Å². The van der Waals surface area contributed by atoms with Gasteiger partial charge in [0.25, 0.3) is 0 Å². The maximum absolute atomic E-state index is 13.0. The number of fused-ring (bicyclic) bond motifs is 1. The molecule has 0 aliphatic rings. The Labute approximate surface area is 168 Å². The van der Waals surface area contributed by atoms with Crippen molar-refractivity contribution in [2.45, 2.75) is 32.7 Å². The van der Waals surface area contributed by atoms with Crippen LogP contribution in [0.4, 0.5) is 17.6 Å². The zero-order chi connectivity index (χ0) is 21.9. The summed E-state index contributed by atoms with van der Waals surface area (Å²) in [7, 11) is 0. The van der Waals surface area contributed by atoms with Gasteiger partial charge in [-0.05, 0) is 31.5 Å². The first-order valence-corrected chi connectivity index (χ1v) is 8.95. The Morgan fingerprint density at radius 3 is 2.73 bits per heavy atom. The van der Waals surface area contributed by atoms with Crippen molar-refractivity contribution in [3.05, 3.63) is 47.5 Å². The largest absolute Gasteiger partial charge is 0.471 e. The van der Waals surface area contributed by atoms with Gasteiger partial charge in [-0.3, -0.25) is 4.68 Å². The quantitative estimate of drug-likeness (QED) is 0.404. The van der Waals surface area contributed by atoms with E-state index in [2.05, 4.69) is 15.1 Å². The van der Waals surface area contributed by atoms with E-state index in [1.807, 2.05) is 0 Å². The average Bonchev–Trinajstić information content (AvgIpc) is 3.09. The van der Waals surface area contributed by atoms with Crippen molar-refractivity contribution in [3.63, 3.8) is 0 Å². The maximum Gasteiger partial charge on any atom is 0.357 e. The number of halogens is 4. The van der Waals surface area contributed by atoms with Crippen LogP contribution < -0.4 is 4.74 Å². The van der Waals surface area contributed by atoms with Crippen molar-refractivity contribution in [1.29, 1.82) is 0 Å². The summed E-state index contributed by atoms with van der Waals surface area (Å²) in [6.45, 7) is 2.27. The predicted molar refractivity (Wildman–Crippen MR) is 98.0 cm³/mol. The van der Waals surface area contributed by atoms with E-state index < -0.39 is 24.9 Å². The van der Waals surface area contributed by atoms with Crippen LogP contribution in [0.15, 0.2) is 30.7 Å². The molecule has 0 N–H and O–H groups in total. The van der Waals surface area contributed by atoms with Gasteiger partial charge >= 0.3 is 18.3 Å². The molecule has 0 fully saturated rings. The van der Waals surface area contributed by atoms with Crippen LogP contribution in [-0.2, 0) is 11.3 Å². The predicted octanol–water partition coefficient (Wildman–Crippen LogP) is 3.64. The van der Waals surface area contributed by atoms with E-state index in [-0.39, 0.29) is 24.7 Å². The zero-order valence-corrected chi connectivity index (χ0v) is 16.1. The molecule has 30 heavy (non-hydrogen) atoms. The minimum Gasteiger partial charge on any atom is -0.471 e. The molecular formula is C19H18F4N4O3. The second kappa shape index (κ2) is 8.64. The molecule has 0 aliphatic carbocycles. The molecule has 0 saturated heterocycles. The highest BCUT2D eigenvalue weighted by molar-refractivity contribution is 6.01. The Bertz CT molecular complexity index is 1060. The van der Waals surface area contributed by atoms with E-state index in [1.54, 1.807) is 36.9 Å². The Kier molecular flexibility index (Phi) is 6.18. The molecule has 0 aromatic carbocycles. The third-order valence-electron chi connectivity index (χ3n) is 4.10. The minimum atomic E-state index is -4.26. The van der Waals surface area contributed by atoms with Crippen molar-refractivity contribution >= 4 is 16.9 Å². The highest BCUT2D eigenvalue weighted by Gasteiger charge is 2.42. The number of hydrogen-bond donors (Lipinski definition) is 0. The van der Waals surface area contributed by atoms with Gasteiger partial charge in [-0.15, -0.1) is 0 Å². The number of aryl methyl sites for hydroxylation is 1. The molecule has 3 heterocycles. The summed E-state index contributed by atoms with van der Waals surface area (Å²) in [6.07, 6.45) is 0.649. The van der Waals surface area contributed by atoms with Crippen LogP contribution in [0.1, 0.15) is 28.5 Å². The zero-order valence-electron chi connectivity index (χ0n) is 16.1. The van der Waals surface area contributed by atoms with E-state index in [0.29, 0.717) is 22.0 Å². The highest BCUT2D eigenvalue weighted by Crippen LogP contribution is 2.25. The number of carbonyl (C=O) groups excluding carboxylic acids is 1. The second-order valence-corrected chi connectivity index (χ2v) is 6.46. The van der Waals surface area contributed by atoms with Crippen molar-refractivity contribution in [3.8, 4) is 5.88 Å². The van der Waals surface area contributed by atoms with Crippen LogP contribution in [0, 0.1) is 6.92 Å². The van der Waals surface area contributed by atoms with E-state index in [9.17, 15) is 22.4 Å². The van der Waals surface area contributed by atoms with Gasteiger partial charge in [0.05, 0.1) is 24.1 Å². The summed E-state index contributed by atoms with van der Waals surface area (Å²) in [5, 5.41) is 4.90. The van der Waals surface area contributed by atoms with Gasteiger partial charge in [0.2, 0.25) is 5.88 Å². The fourth-order valence-corrected chi connectivity index (χ4v) is 2.71. The summed E-state index contributed by atoms with van der Waals surface area (Å²) >= 11 is 0. The number of aromatic nitrogens is 4. The molecule has 160 valence electrons. The minimum absolute atomic E-state index is 0.151. The molecule has 3 aromatic heterocycles. The number of esters is 1. The normalized spacial score (nSPS) is 11.8. The standard InChI is InChI=1S/C19H18F4N4O3/c1-3-29-17(28)15-13-9-27(26-14(13)4-5-24-15)8-12-6-11(2)16(25-7-12)30-10-19(22,23)18(20)21/h4-7,9,18H,3,8,10H2,1-2H3. The van der Waals surface area contributed by atoms with Gasteiger partial charge in [0, 0.05) is 24.2 Å². The van der Waals surface area contributed by atoms with Gasteiger partial charge in [-0.1, -0.05) is 0 Å². The van der Waals surface area contributed by atoms with Gasteiger partial charge in [-0.25, -0.2) is 23.5 Å². The monoisotopic (exact) mass is 426 g/mol. The van der Waals surface area contributed by atoms with Crippen molar-refractivity contribution in [1.82, 2.24) is 19.7 Å². The van der Waals surface area contributed by atoms with Crippen molar-refractivity contribution in [2.24, 2.45) is 0 Å². The first kappa shape index (κ1) is 21.5. The molecule has 3 aromatic rings. The third-order valence-corrected chi connectivity index (χ3v) is 4.10. The SMILES string of the molecule is CCOC(=O)c1nccc2nn(Cc3cnc(OCC(F)(F)C(F)F)c(C)c3)cc12. The van der Waals surface area contributed by atoms with E-state index in [1.165, 1.54) is 12.4 Å². The molecule has 0 radical (unpaired) electrons. The molecule has 0 unspecified atom stereocenters. The van der Waals surface area contributed by atoms with Crippen LogP contribution in [0.2, 0.25) is 0 Å². The van der Waals surface area contributed by atoms with Crippen LogP contribution >= 0.6 is 0 Å². The highest BCUT2D eigenvalue weighted by atomic mass is 19.3. The molecular weight excluding hydrogens is 408 g/mol. The summed E-state index contributed by atoms with van der Waals surface area (Å²) in [5.74, 6) is -4.96. The van der Waals surface area contributed by atoms with Crippen molar-refractivity contribution < 1.29 is 31.8 Å². The lowest BCUT2D eigenvalue weighted by Crippen LogP contribution is -2.34. The number of hydrogen-bond acceptors (Lipinski definition) is 6. The number of rotatable bonds is 8. The van der Waals surface area contributed by atoms with Gasteiger partial charge in [-0.2, -0.15) is 13.9 Å². The first-order valence-electron chi connectivity index (χ1n) is 8.95. The van der Waals surface area contributed by atoms with E-state index >= 15 is 0 Å². The van der Waals surface area contributed by atoms with Gasteiger partial charge in [0.1, 0.15) is 0 Å². The Morgan fingerprint density at radius 1 is 1.30 bits per heavy atom. The number of carbonyl (C=O) groups is 1. The molecule has 0 aliphatic heterocycles. The molecule has 0 atom stereocenters. The first-order chi connectivity index (χ1) is 14.2. The van der Waals surface area contributed by atoms with E-state index in [0.717, 1.165) is 0 Å². The summed E-state index contributed by atoms with van der Waals surface area (Å²) in [6, 6.07) is 3.28. The second-order valence-electron chi connectivity index (χ2n) is 6.46. The Hall–Kier alpha value is -3.24. The van der Waals surface area contributed by atoms with Crippen LogP contribution in [0.25, 0.3) is 10.9 Å². The molecule has 0 bridgehead atoms. The third kappa shape index (κ3) is 4.66. The number of alkyl halides is 4. The molecule has 7 nitrogen and oxygen atoms in total. The fraction of sp³-hybridized carbons (Fsp3) is 0.368. The summed E-state index contributed by atoms with van der Waals surface area (Å²) < 4.78 is 61.8. The lowest BCUT2D eigenvalue weighted by atomic mass is 10.2. The Morgan fingerprint density at radius 2 is 2.07 bits per heavy atom. The fourth-order valence-electron chi connectivity index (χ4n) is 2.71. The lowest BCUT2D eigenvalue weighted by molar-refractivity contribution is -0.148. The Balaban J connectivity index is 1.77. The topological polar surface area (TPSA) is 79.1 Å². The lowest BCUT2D eigenvalue weighted by Gasteiger charge is -2.16. The van der Waals surface area contributed by atoms with Crippen LogP contribution in [0.5, 0.6) is 5.88 Å². The van der Waals surface area contributed by atoms with Crippen LogP contribution in [0.3, 0.4) is 0 Å². The molecule has 11 heteroatoms. The number of nitrogens with zero attached hydrogens (tertiary/aromatic N) is 4. The maximum atomic E-state index is 13.0. The summed E-state index contributed by atoms with van der Waals surface area (Å²) in [5.41, 5.74) is 1.77. The number of ether oxygens (including phenoxy) is 2. The smallest absolute Gasteiger partial charge is 0.357 e. The molecule has 3 rings (SSSR count). The molecule has 0 saturated carbocycles. The summed E-state index contributed by atoms with van der Waals surface area (Å²) in [4.78, 5) is 20.0. The number of pyridine rings is 2.